The summed E-state index contributed by atoms with van der Waals surface area (Å²) in [6, 6.07) is 0. The lowest BCUT2D eigenvalue weighted by Crippen LogP contribution is -2.05. The number of hydrogen-bond donors (Lipinski definition) is 0. The minimum Gasteiger partial charge on any atom is -0.303 e. The highest BCUT2D eigenvalue weighted by atomic mass is 16.1. The highest BCUT2D eigenvalue weighted by Gasteiger charge is 2.12. The van der Waals surface area contributed by atoms with Crippen LogP contribution >= 0.6 is 0 Å². The minimum absolute atomic E-state index is 0.752. The first-order chi connectivity index (χ1) is 6.36. The fraction of sp³-hybridized carbons (Fsp3) is 0.750. The van der Waals surface area contributed by atoms with Crippen molar-refractivity contribution in [1.29, 1.82) is 0 Å². The van der Waals surface area contributed by atoms with E-state index < -0.39 is 0 Å². The summed E-state index contributed by atoms with van der Waals surface area (Å²) in [5.74, 6) is 0.783. The van der Waals surface area contributed by atoms with E-state index in [0.29, 0.717) is 0 Å². The maximum Gasteiger partial charge on any atom is 0.120 e. The largest absolute Gasteiger partial charge is 0.303 e. The van der Waals surface area contributed by atoms with Crippen LogP contribution in [0, 0.1) is 5.92 Å². The molecule has 1 unspecified atom stereocenters. The Morgan fingerprint density at radius 2 is 2.46 bits per heavy atom. The van der Waals surface area contributed by atoms with Crippen LogP contribution in [0.3, 0.4) is 0 Å². The molecule has 0 N–H and O–H groups in total. The molecule has 1 atom stereocenters. The van der Waals surface area contributed by atoms with Crippen molar-refractivity contribution in [2.75, 3.05) is 0 Å². The van der Waals surface area contributed by atoms with Gasteiger partial charge in [-0.2, -0.15) is 0 Å². The van der Waals surface area contributed by atoms with E-state index in [-0.39, 0.29) is 0 Å². The van der Waals surface area contributed by atoms with E-state index in [2.05, 4.69) is 13.0 Å². The third-order valence-corrected chi connectivity index (χ3v) is 2.88. The lowest BCUT2D eigenvalue weighted by atomic mass is 9.85. The van der Waals surface area contributed by atoms with Gasteiger partial charge >= 0.3 is 0 Å². The Morgan fingerprint density at radius 1 is 1.62 bits per heavy atom. The second-order valence-electron chi connectivity index (χ2n) is 4.00. The van der Waals surface area contributed by atoms with Crippen LogP contribution in [0.15, 0.2) is 11.6 Å². The van der Waals surface area contributed by atoms with E-state index in [4.69, 9.17) is 0 Å². The predicted octanol–water partition coefficient (Wildman–Crippen LogP) is 3.49. The number of rotatable bonds is 5. The Morgan fingerprint density at radius 3 is 3.00 bits per heavy atom. The first-order valence-electron chi connectivity index (χ1n) is 5.48. The van der Waals surface area contributed by atoms with Crippen LogP contribution in [0.2, 0.25) is 0 Å². The van der Waals surface area contributed by atoms with Gasteiger partial charge in [-0.15, -0.1) is 0 Å². The van der Waals surface area contributed by atoms with Gasteiger partial charge in [0.05, 0.1) is 0 Å². The lowest BCUT2D eigenvalue weighted by Gasteiger charge is -2.20. The zero-order valence-corrected chi connectivity index (χ0v) is 8.59. The number of carbonyl (C=O) groups excluding carboxylic acids is 1. The van der Waals surface area contributed by atoms with Gasteiger partial charge in [-0.3, -0.25) is 0 Å². The van der Waals surface area contributed by atoms with Crippen LogP contribution in [-0.4, -0.2) is 6.29 Å². The molecule has 0 heterocycles. The monoisotopic (exact) mass is 180 g/mol. The Labute approximate surface area is 81.2 Å². The van der Waals surface area contributed by atoms with Crippen molar-refractivity contribution in [3.8, 4) is 0 Å². The van der Waals surface area contributed by atoms with Gasteiger partial charge in [0.25, 0.3) is 0 Å². The molecule has 0 aromatic rings. The molecule has 0 aliphatic heterocycles. The zero-order chi connectivity index (χ0) is 9.52. The van der Waals surface area contributed by atoms with Crippen molar-refractivity contribution in [1.82, 2.24) is 0 Å². The second kappa shape index (κ2) is 5.95. The summed E-state index contributed by atoms with van der Waals surface area (Å²) < 4.78 is 0. The lowest BCUT2D eigenvalue weighted by molar-refractivity contribution is -0.108. The first-order valence-corrected chi connectivity index (χ1v) is 5.48. The van der Waals surface area contributed by atoms with Gasteiger partial charge in [0.1, 0.15) is 6.29 Å². The highest BCUT2D eigenvalue weighted by molar-refractivity contribution is 5.49. The van der Waals surface area contributed by atoms with Gasteiger partial charge in [0.2, 0.25) is 0 Å². The predicted molar refractivity (Wildman–Crippen MR) is 55.6 cm³/mol. The summed E-state index contributed by atoms with van der Waals surface area (Å²) in [7, 11) is 0. The molecule has 1 nitrogen and oxygen atoms in total. The van der Waals surface area contributed by atoms with Crippen LogP contribution in [0.25, 0.3) is 0 Å². The molecular weight excluding hydrogens is 160 g/mol. The van der Waals surface area contributed by atoms with Crippen molar-refractivity contribution in [3.05, 3.63) is 11.6 Å². The summed E-state index contributed by atoms with van der Waals surface area (Å²) in [5.41, 5.74) is 1.64. The van der Waals surface area contributed by atoms with E-state index in [1.165, 1.54) is 32.1 Å². The summed E-state index contributed by atoms with van der Waals surface area (Å²) in [6.45, 7) is 2.24. The SMILES string of the molecule is CCCC1=CCC(CCC=O)CC1. The topological polar surface area (TPSA) is 17.1 Å². The average Bonchev–Trinajstić information content (AvgIpc) is 2.17. The molecule has 1 aliphatic carbocycles. The van der Waals surface area contributed by atoms with E-state index in [0.717, 1.165) is 25.0 Å². The third-order valence-electron chi connectivity index (χ3n) is 2.88. The number of aldehydes is 1. The van der Waals surface area contributed by atoms with Gasteiger partial charge < -0.3 is 4.79 Å². The van der Waals surface area contributed by atoms with Crippen molar-refractivity contribution in [2.45, 2.75) is 51.9 Å². The average molecular weight is 180 g/mol. The molecule has 0 saturated carbocycles. The summed E-state index contributed by atoms with van der Waals surface area (Å²) in [4.78, 5) is 10.2. The Balaban J connectivity index is 2.24. The quantitative estimate of drug-likeness (QED) is 0.467. The maximum absolute atomic E-state index is 10.2. The summed E-state index contributed by atoms with van der Waals surface area (Å²) in [6.07, 6.45) is 11.6. The van der Waals surface area contributed by atoms with Gasteiger partial charge in [-0.1, -0.05) is 25.0 Å². The van der Waals surface area contributed by atoms with E-state index in [1.54, 1.807) is 5.57 Å². The van der Waals surface area contributed by atoms with Gasteiger partial charge in [-0.25, -0.2) is 0 Å². The van der Waals surface area contributed by atoms with Crippen LogP contribution in [0.1, 0.15) is 51.9 Å². The molecule has 0 fully saturated rings. The van der Waals surface area contributed by atoms with E-state index in [9.17, 15) is 4.79 Å². The molecule has 1 rings (SSSR count). The first kappa shape index (κ1) is 10.5. The smallest absolute Gasteiger partial charge is 0.120 e. The standard InChI is InChI=1S/C12H20O/c1-2-4-11-6-8-12(9-7-11)5-3-10-13/h6,10,12H,2-5,7-9H2,1H3. The van der Waals surface area contributed by atoms with Gasteiger partial charge in [0.15, 0.2) is 0 Å². The molecule has 74 valence electrons. The second-order valence-corrected chi connectivity index (χ2v) is 4.00. The Kier molecular flexibility index (Phi) is 4.81. The zero-order valence-electron chi connectivity index (χ0n) is 8.59. The molecule has 0 radical (unpaired) electrons. The number of allylic oxidation sites excluding steroid dienone is 2. The molecule has 1 aliphatic rings. The van der Waals surface area contributed by atoms with Crippen LogP contribution in [-0.2, 0) is 4.79 Å². The molecule has 0 amide bonds. The minimum atomic E-state index is 0.752. The molecule has 0 aromatic heterocycles. The summed E-state index contributed by atoms with van der Waals surface area (Å²) in [5, 5.41) is 0. The fourth-order valence-electron chi connectivity index (χ4n) is 2.06. The molecule has 0 spiro atoms. The number of carbonyl (C=O) groups is 1. The van der Waals surface area contributed by atoms with Gasteiger partial charge in [0, 0.05) is 6.42 Å². The van der Waals surface area contributed by atoms with E-state index in [1.807, 2.05) is 0 Å². The molecule has 1 heteroatoms. The van der Waals surface area contributed by atoms with Crippen LogP contribution in [0.5, 0.6) is 0 Å². The number of hydrogen-bond acceptors (Lipinski definition) is 1. The molecular formula is C12H20O. The van der Waals surface area contributed by atoms with Crippen LogP contribution < -0.4 is 0 Å². The highest BCUT2D eigenvalue weighted by Crippen LogP contribution is 2.28. The molecule has 0 bridgehead atoms. The van der Waals surface area contributed by atoms with E-state index >= 15 is 0 Å². The Bertz CT molecular complexity index is 182. The molecule has 13 heavy (non-hydrogen) atoms. The van der Waals surface area contributed by atoms with Crippen molar-refractivity contribution in [3.63, 3.8) is 0 Å². The third kappa shape index (κ3) is 3.75. The van der Waals surface area contributed by atoms with Crippen molar-refractivity contribution in [2.24, 2.45) is 5.92 Å². The van der Waals surface area contributed by atoms with Crippen molar-refractivity contribution < 1.29 is 4.79 Å². The fourth-order valence-corrected chi connectivity index (χ4v) is 2.06. The molecule has 0 saturated heterocycles. The van der Waals surface area contributed by atoms with Crippen LogP contribution in [0.4, 0.5) is 0 Å². The maximum atomic E-state index is 10.2. The van der Waals surface area contributed by atoms with Gasteiger partial charge in [-0.05, 0) is 38.0 Å². The summed E-state index contributed by atoms with van der Waals surface area (Å²) >= 11 is 0. The normalized spacial score (nSPS) is 22.5. The Hall–Kier alpha value is -0.590. The molecule has 0 aromatic carbocycles. The van der Waals surface area contributed by atoms with Crippen molar-refractivity contribution >= 4 is 6.29 Å².